The zero-order valence-electron chi connectivity index (χ0n) is 14.5. The summed E-state index contributed by atoms with van der Waals surface area (Å²) in [4.78, 5) is 14.0. The molecule has 1 aliphatic rings. The molecule has 1 atom stereocenters. The Morgan fingerprint density at radius 2 is 2.08 bits per heavy atom. The summed E-state index contributed by atoms with van der Waals surface area (Å²) in [6.07, 6.45) is 4.20. The molecule has 1 aromatic heterocycles. The van der Waals surface area contributed by atoms with Crippen LogP contribution in [-0.4, -0.2) is 20.6 Å². The summed E-state index contributed by atoms with van der Waals surface area (Å²) in [6, 6.07) is 5.21. The van der Waals surface area contributed by atoms with Gasteiger partial charge in [0.2, 0.25) is 10.0 Å². The standard InChI is InChI=1S/C18H22N2O3S2/c1-11-4-7-14-15(10-24-17(14)8-11)18(21)19-13-6-5-12(2)16(9-13)20-25(3,22)23/h5-6,9-11,20H,4,7-8H2,1-3H3,(H,19,21). The number of carbonyl (C=O) groups is 1. The molecule has 5 nitrogen and oxygen atoms in total. The van der Waals surface area contributed by atoms with Crippen LogP contribution in [0.25, 0.3) is 0 Å². The molecule has 134 valence electrons. The molecule has 0 radical (unpaired) electrons. The first-order valence-electron chi connectivity index (χ1n) is 8.22. The minimum absolute atomic E-state index is 0.138. The molecular weight excluding hydrogens is 356 g/mol. The van der Waals surface area contributed by atoms with Gasteiger partial charge in [-0.15, -0.1) is 11.3 Å². The van der Waals surface area contributed by atoms with Gasteiger partial charge in [0.1, 0.15) is 0 Å². The summed E-state index contributed by atoms with van der Waals surface area (Å²) >= 11 is 1.66. The lowest BCUT2D eigenvalue weighted by atomic mass is 9.88. The predicted molar refractivity (Wildman–Crippen MR) is 103 cm³/mol. The van der Waals surface area contributed by atoms with Crippen LogP contribution in [0.4, 0.5) is 11.4 Å². The topological polar surface area (TPSA) is 75.3 Å². The average Bonchev–Trinajstić information content (AvgIpc) is 2.92. The highest BCUT2D eigenvalue weighted by Crippen LogP contribution is 2.33. The van der Waals surface area contributed by atoms with Crippen molar-refractivity contribution in [1.82, 2.24) is 0 Å². The lowest BCUT2D eigenvalue weighted by molar-refractivity contribution is 0.102. The number of nitrogens with one attached hydrogen (secondary N) is 2. The molecule has 1 amide bonds. The fourth-order valence-electron chi connectivity index (χ4n) is 3.08. The second-order valence-electron chi connectivity index (χ2n) is 6.76. The average molecular weight is 379 g/mol. The van der Waals surface area contributed by atoms with Gasteiger partial charge in [-0.25, -0.2) is 8.42 Å². The van der Waals surface area contributed by atoms with Gasteiger partial charge in [-0.3, -0.25) is 9.52 Å². The number of anilines is 2. The fourth-order valence-corrected chi connectivity index (χ4v) is 4.94. The van der Waals surface area contributed by atoms with Crippen molar-refractivity contribution in [3.8, 4) is 0 Å². The first-order valence-corrected chi connectivity index (χ1v) is 11.0. The second-order valence-corrected chi connectivity index (χ2v) is 9.47. The highest BCUT2D eigenvalue weighted by Gasteiger charge is 2.23. The van der Waals surface area contributed by atoms with E-state index in [9.17, 15) is 13.2 Å². The molecule has 0 saturated carbocycles. The Balaban J connectivity index is 1.81. The van der Waals surface area contributed by atoms with Gasteiger partial charge in [0, 0.05) is 15.9 Å². The van der Waals surface area contributed by atoms with Crippen LogP contribution in [0.3, 0.4) is 0 Å². The van der Waals surface area contributed by atoms with Gasteiger partial charge in [0.15, 0.2) is 0 Å². The van der Waals surface area contributed by atoms with Crippen molar-refractivity contribution in [2.45, 2.75) is 33.1 Å². The van der Waals surface area contributed by atoms with E-state index in [4.69, 9.17) is 0 Å². The summed E-state index contributed by atoms with van der Waals surface area (Å²) in [5.74, 6) is 0.532. The van der Waals surface area contributed by atoms with Crippen molar-refractivity contribution in [2.24, 2.45) is 5.92 Å². The van der Waals surface area contributed by atoms with E-state index in [0.717, 1.165) is 36.6 Å². The second kappa shape index (κ2) is 6.80. The van der Waals surface area contributed by atoms with Crippen LogP contribution < -0.4 is 10.0 Å². The number of thiophene rings is 1. The summed E-state index contributed by atoms with van der Waals surface area (Å²) in [6.45, 7) is 4.06. The smallest absolute Gasteiger partial charge is 0.256 e. The van der Waals surface area contributed by atoms with E-state index < -0.39 is 10.0 Å². The SMILES string of the molecule is Cc1ccc(NC(=O)c2csc3c2CCC(C)C3)cc1NS(C)(=O)=O. The molecule has 25 heavy (non-hydrogen) atoms. The van der Waals surface area contributed by atoms with Crippen molar-refractivity contribution < 1.29 is 13.2 Å². The van der Waals surface area contributed by atoms with Gasteiger partial charge < -0.3 is 5.32 Å². The molecule has 2 aromatic rings. The number of aryl methyl sites for hydroxylation is 1. The third-order valence-corrected chi connectivity index (χ3v) is 6.08. The van der Waals surface area contributed by atoms with E-state index >= 15 is 0 Å². The number of sulfonamides is 1. The molecule has 1 unspecified atom stereocenters. The number of benzene rings is 1. The van der Waals surface area contributed by atoms with Crippen LogP contribution >= 0.6 is 11.3 Å². The largest absolute Gasteiger partial charge is 0.322 e. The lowest BCUT2D eigenvalue weighted by Gasteiger charge is -2.19. The van der Waals surface area contributed by atoms with Crippen molar-refractivity contribution >= 4 is 38.6 Å². The zero-order valence-corrected chi connectivity index (χ0v) is 16.2. The maximum absolute atomic E-state index is 12.7. The summed E-state index contributed by atoms with van der Waals surface area (Å²) in [7, 11) is -3.37. The van der Waals surface area contributed by atoms with Crippen molar-refractivity contribution in [2.75, 3.05) is 16.3 Å². The monoisotopic (exact) mass is 378 g/mol. The van der Waals surface area contributed by atoms with E-state index in [0.29, 0.717) is 17.3 Å². The van der Waals surface area contributed by atoms with Gasteiger partial charge in [0.05, 0.1) is 17.5 Å². The molecule has 0 saturated heterocycles. The van der Waals surface area contributed by atoms with E-state index in [1.807, 2.05) is 12.3 Å². The number of hydrogen-bond donors (Lipinski definition) is 2. The van der Waals surface area contributed by atoms with Crippen LogP contribution in [0.1, 0.15) is 39.7 Å². The van der Waals surface area contributed by atoms with Gasteiger partial charge in [-0.1, -0.05) is 13.0 Å². The van der Waals surface area contributed by atoms with Crippen molar-refractivity contribution in [1.29, 1.82) is 0 Å². The number of amides is 1. The van der Waals surface area contributed by atoms with E-state index in [2.05, 4.69) is 17.0 Å². The molecule has 0 fully saturated rings. The third-order valence-electron chi connectivity index (χ3n) is 4.44. The van der Waals surface area contributed by atoms with Crippen molar-refractivity contribution in [3.05, 3.63) is 45.1 Å². The van der Waals surface area contributed by atoms with Gasteiger partial charge in [-0.2, -0.15) is 0 Å². The van der Waals surface area contributed by atoms with E-state index in [1.54, 1.807) is 29.5 Å². The Hall–Kier alpha value is -1.86. The minimum Gasteiger partial charge on any atom is -0.322 e. The Morgan fingerprint density at radius 1 is 1.32 bits per heavy atom. The molecular formula is C18H22N2O3S2. The molecule has 3 rings (SSSR count). The fraction of sp³-hybridized carbons (Fsp3) is 0.389. The van der Waals surface area contributed by atoms with Crippen LogP contribution in [0.15, 0.2) is 23.6 Å². The number of rotatable bonds is 4. The van der Waals surface area contributed by atoms with Gasteiger partial charge in [0.25, 0.3) is 5.91 Å². The number of fused-ring (bicyclic) bond motifs is 1. The Bertz CT molecular complexity index is 916. The van der Waals surface area contributed by atoms with Crippen LogP contribution in [0.2, 0.25) is 0 Å². The van der Waals surface area contributed by atoms with Crippen LogP contribution in [-0.2, 0) is 22.9 Å². The molecule has 0 bridgehead atoms. The van der Waals surface area contributed by atoms with E-state index in [-0.39, 0.29) is 5.91 Å². The Morgan fingerprint density at radius 3 is 2.80 bits per heavy atom. The molecule has 0 spiro atoms. The Labute approximate surface area is 152 Å². The normalized spacial score (nSPS) is 17.0. The first-order chi connectivity index (χ1) is 11.7. The number of hydrogen-bond acceptors (Lipinski definition) is 4. The quantitative estimate of drug-likeness (QED) is 0.849. The first kappa shape index (κ1) is 17.9. The van der Waals surface area contributed by atoms with Crippen LogP contribution in [0, 0.1) is 12.8 Å². The summed E-state index contributed by atoms with van der Waals surface area (Å²) in [5.41, 5.74) is 3.75. The zero-order chi connectivity index (χ0) is 18.2. The van der Waals surface area contributed by atoms with E-state index in [1.165, 1.54) is 10.4 Å². The maximum Gasteiger partial charge on any atom is 0.256 e. The maximum atomic E-state index is 12.7. The molecule has 0 aliphatic heterocycles. The van der Waals surface area contributed by atoms with Crippen molar-refractivity contribution in [3.63, 3.8) is 0 Å². The molecule has 7 heteroatoms. The minimum atomic E-state index is -3.37. The summed E-state index contributed by atoms with van der Waals surface area (Å²) < 4.78 is 25.4. The number of carbonyl (C=O) groups excluding carboxylic acids is 1. The molecule has 2 N–H and O–H groups in total. The third kappa shape index (κ3) is 4.22. The molecule has 1 aliphatic carbocycles. The Kier molecular flexibility index (Phi) is 4.88. The highest BCUT2D eigenvalue weighted by molar-refractivity contribution is 7.92. The van der Waals surface area contributed by atoms with Gasteiger partial charge in [-0.05, 0) is 55.4 Å². The summed E-state index contributed by atoms with van der Waals surface area (Å²) in [5, 5.41) is 4.82. The predicted octanol–water partition coefficient (Wildman–Crippen LogP) is 3.81. The highest BCUT2D eigenvalue weighted by atomic mass is 32.2. The molecule has 1 heterocycles. The van der Waals surface area contributed by atoms with Crippen LogP contribution in [0.5, 0.6) is 0 Å². The molecule has 1 aromatic carbocycles. The van der Waals surface area contributed by atoms with Gasteiger partial charge >= 0.3 is 0 Å². The lowest BCUT2D eigenvalue weighted by Crippen LogP contribution is -2.17.